The highest BCUT2D eigenvalue weighted by molar-refractivity contribution is 7.16. The molecule has 0 bridgehead atoms. The highest BCUT2D eigenvalue weighted by Crippen LogP contribution is 2.26. The van der Waals surface area contributed by atoms with Crippen LogP contribution in [0.5, 0.6) is 0 Å². The molecular formula is C15H14N4OS. The molecule has 5 nitrogen and oxygen atoms in total. The fraction of sp³-hybridized carbons (Fsp3) is 0.267. The highest BCUT2D eigenvalue weighted by Gasteiger charge is 2.30. The molecule has 21 heavy (non-hydrogen) atoms. The number of hydrogen-bond acceptors (Lipinski definition) is 5. The van der Waals surface area contributed by atoms with Gasteiger partial charge < -0.3 is 10.6 Å². The van der Waals surface area contributed by atoms with Crippen LogP contribution in [0.25, 0.3) is 10.4 Å². The van der Waals surface area contributed by atoms with E-state index in [0.29, 0.717) is 5.01 Å². The largest absolute Gasteiger partial charge is 0.347 e. The van der Waals surface area contributed by atoms with E-state index in [2.05, 4.69) is 15.6 Å². The third-order valence-electron chi connectivity index (χ3n) is 3.50. The van der Waals surface area contributed by atoms with Crippen molar-refractivity contribution in [2.75, 3.05) is 0 Å². The Labute approximate surface area is 126 Å². The molecule has 1 fully saturated rings. The zero-order valence-corrected chi connectivity index (χ0v) is 12.1. The lowest BCUT2D eigenvalue weighted by molar-refractivity contribution is 0.0905. The molecule has 106 valence electrons. The Balaban J connectivity index is 1.60. The van der Waals surface area contributed by atoms with Crippen molar-refractivity contribution in [3.8, 4) is 16.6 Å². The average Bonchev–Trinajstić information content (AvgIpc) is 2.96. The number of carbonyl (C=O) groups excluding carboxylic acids is 1. The Morgan fingerprint density at radius 1 is 1.29 bits per heavy atom. The molecule has 0 spiro atoms. The zero-order chi connectivity index (χ0) is 14.7. The lowest BCUT2D eigenvalue weighted by Gasteiger charge is -2.34. The highest BCUT2D eigenvalue weighted by atomic mass is 32.1. The van der Waals surface area contributed by atoms with Crippen LogP contribution in [0.2, 0.25) is 0 Å². The summed E-state index contributed by atoms with van der Waals surface area (Å²) in [6.07, 6.45) is 5.23. The van der Waals surface area contributed by atoms with Gasteiger partial charge in [-0.15, -0.1) is 11.3 Å². The summed E-state index contributed by atoms with van der Waals surface area (Å²) < 4.78 is 0. The van der Waals surface area contributed by atoms with Gasteiger partial charge in [0, 0.05) is 18.3 Å². The normalized spacial score (nSPS) is 20.1. The van der Waals surface area contributed by atoms with Gasteiger partial charge in [0.15, 0.2) is 11.2 Å². The fourth-order valence-corrected chi connectivity index (χ4v) is 3.13. The van der Waals surface area contributed by atoms with E-state index in [-0.39, 0.29) is 18.0 Å². The lowest BCUT2D eigenvalue weighted by Crippen LogP contribution is -2.51. The predicted octanol–water partition coefficient (Wildman–Crippen LogP) is 2.14. The molecule has 1 saturated carbocycles. The van der Waals surface area contributed by atoms with Crippen LogP contribution in [0.4, 0.5) is 0 Å². The van der Waals surface area contributed by atoms with Crippen LogP contribution in [0.3, 0.4) is 0 Å². The Hall–Kier alpha value is -2.39. The molecular weight excluding hydrogens is 284 g/mol. The molecule has 2 N–H and O–H groups in total. The molecule has 1 aliphatic rings. The van der Waals surface area contributed by atoms with E-state index in [0.717, 1.165) is 23.3 Å². The quantitative estimate of drug-likeness (QED) is 0.669. The third kappa shape index (κ3) is 3.03. The molecule has 3 rings (SSSR count). The SMILES string of the molecule is N#CN[C@H]1C[C@H](NC(=O)c2ncc(-c3ccccc3)s2)C1. The molecule has 1 aromatic carbocycles. The minimum Gasteiger partial charge on any atom is -0.347 e. The number of nitrogens with one attached hydrogen (secondary N) is 2. The maximum Gasteiger partial charge on any atom is 0.280 e. The topological polar surface area (TPSA) is 77.8 Å². The predicted molar refractivity (Wildman–Crippen MR) is 80.6 cm³/mol. The van der Waals surface area contributed by atoms with E-state index in [1.165, 1.54) is 11.3 Å². The van der Waals surface area contributed by atoms with Gasteiger partial charge in [0.2, 0.25) is 0 Å². The van der Waals surface area contributed by atoms with Crippen molar-refractivity contribution in [1.82, 2.24) is 15.6 Å². The molecule has 1 aliphatic carbocycles. The van der Waals surface area contributed by atoms with Gasteiger partial charge in [-0.25, -0.2) is 4.98 Å². The first-order valence-corrected chi connectivity index (χ1v) is 7.54. The van der Waals surface area contributed by atoms with Crippen LogP contribution in [-0.4, -0.2) is 23.0 Å². The van der Waals surface area contributed by atoms with Crippen LogP contribution < -0.4 is 10.6 Å². The molecule has 0 saturated heterocycles. The summed E-state index contributed by atoms with van der Waals surface area (Å²) >= 11 is 1.39. The summed E-state index contributed by atoms with van der Waals surface area (Å²) in [5.41, 5.74) is 1.07. The molecule has 1 amide bonds. The van der Waals surface area contributed by atoms with Crippen molar-refractivity contribution < 1.29 is 4.79 Å². The summed E-state index contributed by atoms with van der Waals surface area (Å²) in [6, 6.07) is 10.2. The van der Waals surface area contributed by atoms with E-state index in [1.807, 2.05) is 36.5 Å². The van der Waals surface area contributed by atoms with E-state index in [1.54, 1.807) is 6.20 Å². The summed E-state index contributed by atoms with van der Waals surface area (Å²) in [5.74, 6) is -0.136. The second-order valence-corrected chi connectivity index (χ2v) is 6.02. The monoisotopic (exact) mass is 298 g/mol. The number of amides is 1. The summed E-state index contributed by atoms with van der Waals surface area (Å²) in [7, 11) is 0. The van der Waals surface area contributed by atoms with E-state index in [9.17, 15) is 4.79 Å². The maximum atomic E-state index is 12.1. The zero-order valence-electron chi connectivity index (χ0n) is 11.2. The van der Waals surface area contributed by atoms with E-state index >= 15 is 0 Å². The first-order chi connectivity index (χ1) is 10.3. The molecule has 0 atom stereocenters. The maximum absolute atomic E-state index is 12.1. The average molecular weight is 298 g/mol. The van der Waals surface area contributed by atoms with E-state index in [4.69, 9.17) is 5.26 Å². The minimum atomic E-state index is -0.136. The number of aromatic nitrogens is 1. The lowest BCUT2D eigenvalue weighted by atomic mass is 9.87. The number of thiazole rings is 1. The van der Waals surface area contributed by atoms with Crippen molar-refractivity contribution in [2.45, 2.75) is 24.9 Å². The number of benzene rings is 1. The van der Waals surface area contributed by atoms with Crippen LogP contribution in [-0.2, 0) is 0 Å². The molecule has 0 unspecified atom stereocenters. The van der Waals surface area contributed by atoms with Gasteiger partial charge in [-0.1, -0.05) is 30.3 Å². The first kappa shape index (κ1) is 13.6. The standard InChI is InChI=1S/C15H14N4OS/c16-9-18-11-6-12(7-11)19-14(20)15-17-8-13(21-15)10-4-2-1-3-5-10/h1-5,8,11-12,18H,6-7H2,(H,19,20)/t11-,12-. The van der Waals surface area contributed by atoms with Gasteiger partial charge in [-0.2, -0.15) is 5.26 Å². The van der Waals surface area contributed by atoms with Crippen molar-refractivity contribution in [3.63, 3.8) is 0 Å². The van der Waals surface area contributed by atoms with Crippen LogP contribution >= 0.6 is 11.3 Å². The molecule has 6 heteroatoms. The van der Waals surface area contributed by atoms with Gasteiger partial charge >= 0.3 is 0 Å². The number of carbonyl (C=O) groups is 1. The summed E-state index contributed by atoms with van der Waals surface area (Å²) in [6.45, 7) is 0. The van der Waals surface area contributed by atoms with Crippen molar-refractivity contribution >= 4 is 17.2 Å². The first-order valence-electron chi connectivity index (χ1n) is 6.73. The van der Waals surface area contributed by atoms with Crippen molar-refractivity contribution in [3.05, 3.63) is 41.5 Å². The van der Waals surface area contributed by atoms with Gasteiger partial charge in [-0.05, 0) is 18.4 Å². The van der Waals surface area contributed by atoms with Gasteiger partial charge in [0.1, 0.15) is 0 Å². The Kier molecular flexibility index (Phi) is 3.84. The second kappa shape index (κ2) is 5.94. The number of nitriles is 1. The van der Waals surface area contributed by atoms with Crippen LogP contribution in [0.15, 0.2) is 36.5 Å². The van der Waals surface area contributed by atoms with E-state index < -0.39 is 0 Å². The summed E-state index contributed by atoms with van der Waals surface area (Å²) in [5, 5.41) is 14.6. The number of nitrogens with zero attached hydrogens (tertiary/aromatic N) is 2. The van der Waals surface area contributed by atoms with Crippen LogP contribution in [0, 0.1) is 11.5 Å². The number of hydrogen-bond donors (Lipinski definition) is 2. The Morgan fingerprint density at radius 3 is 2.76 bits per heavy atom. The molecule has 2 aromatic rings. The number of rotatable bonds is 4. The second-order valence-electron chi connectivity index (χ2n) is 4.99. The molecule has 1 heterocycles. The summed E-state index contributed by atoms with van der Waals surface area (Å²) in [4.78, 5) is 17.3. The third-order valence-corrected chi connectivity index (χ3v) is 4.55. The minimum absolute atomic E-state index is 0.132. The van der Waals surface area contributed by atoms with Crippen LogP contribution in [0.1, 0.15) is 22.6 Å². The Morgan fingerprint density at radius 2 is 2.05 bits per heavy atom. The van der Waals surface area contributed by atoms with Gasteiger partial charge in [-0.3, -0.25) is 4.79 Å². The fourth-order valence-electron chi connectivity index (χ4n) is 2.31. The van der Waals surface area contributed by atoms with Crippen molar-refractivity contribution in [2.24, 2.45) is 0 Å². The van der Waals surface area contributed by atoms with Gasteiger partial charge in [0.05, 0.1) is 4.88 Å². The Bertz CT molecular complexity index is 670. The molecule has 1 aromatic heterocycles. The molecule has 0 aliphatic heterocycles. The smallest absolute Gasteiger partial charge is 0.280 e. The van der Waals surface area contributed by atoms with Crippen molar-refractivity contribution in [1.29, 1.82) is 5.26 Å². The van der Waals surface area contributed by atoms with Gasteiger partial charge in [0.25, 0.3) is 5.91 Å². The molecule has 0 radical (unpaired) electrons.